The Bertz CT molecular complexity index is 470. The maximum Gasteiger partial charge on any atom is 0.348 e. The first-order chi connectivity index (χ1) is 7.58. The largest absolute Gasteiger partial charge is 0.478 e. The van der Waals surface area contributed by atoms with Crippen molar-refractivity contribution in [2.24, 2.45) is 5.16 Å². The first-order valence-corrected chi connectivity index (χ1v) is 5.59. The minimum absolute atomic E-state index is 0.303. The van der Waals surface area contributed by atoms with E-state index < -0.39 is 12.1 Å². The lowest BCUT2D eigenvalue weighted by Gasteiger charge is -2.03. The molecule has 5 heteroatoms. The fourth-order valence-corrected chi connectivity index (χ4v) is 2.25. The normalized spacial score (nSPS) is 19.1. The summed E-state index contributed by atoms with van der Waals surface area (Å²) >= 11 is 3.43. The Labute approximate surface area is 101 Å². The van der Waals surface area contributed by atoms with E-state index in [9.17, 15) is 4.79 Å². The van der Waals surface area contributed by atoms with Gasteiger partial charge >= 0.3 is 5.97 Å². The van der Waals surface area contributed by atoms with Gasteiger partial charge in [-0.1, -0.05) is 33.2 Å². The summed E-state index contributed by atoms with van der Waals surface area (Å²) in [6, 6.07) is 5.83. The van der Waals surface area contributed by atoms with Crippen LogP contribution in [0.5, 0.6) is 0 Å². The van der Waals surface area contributed by atoms with Crippen LogP contribution in [-0.4, -0.2) is 22.9 Å². The number of aliphatic carboxylic acids is 1. The van der Waals surface area contributed by atoms with Crippen molar-refractivity contribution in [1.29, 1.82) is 0 Å². The molecule has 1 heterocycles. The molecule has 1 unspecified atom stereocenters. The smallest absolute Gasteiger partial charge is 0.348 e. The highest BCUT2D eigenvalue weighted by Crippen LogP contribution is 2.24. The van der Waals surface area contributed by atoms with Gasteiger partial charge in [0.2, 0.25) is 6.10 Å². The second kappa shape index (κ2) is 4.25. The van der Waals surface area contributed by atoms with Crippen LogP contribution in [0.4, 0.5) is 0 Å². The zero-order chi connectivity index (χ0) is 11.7. The van der Waals surface area contributed by atoms with Crippen LogP contribution < -0.4 is 0 Å². The van der Waals surface area contributed by atoms with E-state index in [0.29, 0.717) is 12.1 Å². The Morgan fingerprint density at radius 2 is 2.38 bits per heavy atom. The van der Waals surface area contributed by atoms with Crippen molar-refractivity contribution in [3.63, 3.8) is 0 Å². The second-order valence-corrected chi connectivity index (χ2v) is 4.51. The van der Waals surface area contributed by atoms with Crippen molar-refractivity contribution >= 4 is 27.6 Å². The summed E-state index contributed by atoms with van der Waals surface area (Å²) in [4.78, 5) is 15.5. The molecule has 0 aliphatic carbocycles. The number of hydrogen-bond acceptors (Lipinski definition) is 3. The number of rotatable bonds is 2. The van der Waals surface area contributed by atoms with E-state index in [0.717, 1.165) is 15.6 Å². The number of carboxylic acids is 1. The number of halogens is 1. The molecule has 0 spiro atoms. The Morgan fingerprint density at radius 3 is 2.94 bits per heavy atom. The third-order valence-electron chi connectivity index (χ3n) is 2.38. The third-order valence-corrected chi connectivity index (χ3v) is 3.04. The molecule has 1 aromatic rings. The van der Waals surface area contributed by atoms with Gasteiger partial charge in [-0.05, 0) is 18.6 Å². The van der Waals surface area contributed by atoms with Crippen LogP contribution in [0.25, 0.3) is 0 Å². The summed E-state index contributed by atoms with van der Waals surface area (Å²) < 4.78 is 0.904. The van der Waals surface area contributed by atoms with Crippen molar-refractivity contribution in [3.05, 3.63) is 33.8 Å². The first kappa shape index (κ1) is 11.1. The van der Waals surface area contributed by atoms with Crippen LogP contribution in [0.1, 0.15) is 17.5 Å². The molecule has 0 aromatic heterocycles. The SMILES string of the molecule is Cc1ccc(C2=NOC(C(=O)O)C2)c(Br)c1. The topological polar surface area (TPSA) is 58.9 Å². The van der Waals surface area contributed by atoms with Crippen molar-refractivity contribution in [2.45, 2.75) is 19.4 Å². The molecule has 1 aliphatic heterocycles. The fraction of sp³-hybridized carbons (Fsp3) is 0.273. The van der Waals surface area contributed by atoms with E-state index in [1.807, 2.05) is 25.1 Å². The van der Waals surface area contributed by atoms with Crippen LogP contribution in [0.15, 0.2) is 27.8 Å². The first-order valence-electron chi connectivity index (χ1n) is 4.80. The highest BCUT2D eigenvalue weighted by atomic mass is 79.9. The maximum absolute atomic E-state index is 10.7. The minimum atomic E-state index is -0.984. The van der Waals surface area contributed by atoms with Gasteiger partial charge in [0.05, 0.1) is 5.71 Å². The fourth-order valence-electron chi connectivity index (χ4n) is 1.52. The number of oxime groups is 1. The Balaban J connectivity index is 2.24. The van der Waals surface area contributed by atoms with Gasteiger partial charge in [0, 0.05) is 16.5 Å². The lowest BCUT2D eigenvalue weighted by atomic mass is 10.0. The molecule has 0 fully saturated rings. The molecular formula is C11H10BrNO3. The molecule has 0 bridgehead atoms. The molecule has 0 saturated heterocycles. The second-order valence-electron chi connectivity index (χ2n) is 3.66. The molecular weight excluding hydrogens is 274 g/mol. The summed E-state index contributed by atoms with van der Waals surface area (Å²) in [6.07, 6.45) is -0.556. The predicted molar refractivity (Wildman–Crippen MR) is 62.5 cm³/mol. The number of benzene rings is 1. The van der Waals surface area contributed by atoms with Crippen LogP contribution in [0, 0.1) is 6.92 Å². The molecule has 1 N–H and O–H groups in total. The number of nitrogens with zero attached hydrogens (tertiary/aromatic N) is 1. The molecule has 84 valence electrons. The highest BCUT2D eigenvalue weighted by Gasteiger charge is 2.29. The third kappa shape index (κ3) is 2.09. The number of carboxylic acid groups (broad SMARTS) is 1. The van der Waals surface area contributed by atoms with Crippen LogP contribution in [0.3, 0.4) is 0 Å². The van der Waals surface area contributed by atoms with Crippen LogP contribution in [-0.2, 0) is 9.63 Å². The highest BCUT2D eigenvalue weighted by molar-refractivity contribution is 9.10. The summed E-state index contributed by atoms with van der Waals surface area (Å²) in [5, 5.41) is 12.6. The molecule has 0 radical (unpaired) electrons. The van der Waals surface area contributed by atoms with Crippen LogP contribution in [0.2, 0.25) is 0 Å². The maximum atomic E-state index is 10.7. The van der Waals surface area contributed by atoms with Gasteiger partial charge in [-0.15, -0.1) is 0 Å². The number of hydrogen-bond donors (Lipinski definition) is 1. The molecule has 2 rings (SSSR count). The molecule has 1 atom stereocenters. The van der Waals surface area contributed by atoms with E-state index in [1.54, 1.807) is 0 Å². The zero-order valence-corrected chi connectivity index (χ0v) is 10.2. The van der Waals surface area contributed by atoms with E-state index >= 15 is 0 Å². The van der Waals surface area contributed by atoms with Crippen molar-refractivity contribution in [3.8, 4) is 0 Å². The van der Waals surface area contributed by atoms with Crippen molar-refractivity contribution in [2.75, 3.05) is 0 Å². The molecule has 1 aromatic carbocycles. The van der Waals surface area contributed by atoms with E-state index in [-0.39, 0.29) is 0 Å². The van der Waals surface area contributed by atoms with Crippen molar-refractivity contribution < 1.29 is 14.7 Å². The van der Waals surface area contributed by atoms with E-state index in [1.165, 1.54) is 0 Å². The average Bonchev–Trinajstić information content (AvgIpc) is 2.66. The van der Waals surface area contributed by atoms with Gasteiger partial charge in [0.1, 0.15) is 0 Å². The quantitative estimate of drug-likeness (QED) is 0.906. The number of aryl methyl sites for hydroxylation is 1. The van der Waals surface area contributed by atoms with E-state index in [2.05, 4.69) is 21.1 Å². The monoisotopic (exact) mass is 283 g/mol. The van der Waals surface area contributed by atoms with Gasteiger partial charge in [0.25, 0.3) is 0 Å². The average molecular weight is 284 g/mol. The van der Waals surface area contributed by atoms with Crippen molar-refractivity contribution in [1.82, 2.24) is 0 Å². The van der Waals surface area contributed by atoms with Gasteiger partial charge in [-0.2, -0.15) is 0 Å². The summed E-state index contributed by atoms with van der Waals surface area (Å²) in [6.45, 7) is 1.99. The minimum Gasteiger partial charge on any atom is -0.478 e. The summed E-state index contributed by atoms with van der Waals surface area (Å²) in [5.74, 6) is -0.984. The predicted octanol–water partition coefficient (Wildman–Crippen LogP) is 2.34. The Kier molecular flexibility index (Phi) is 2.96. The molecule has 16 heavy (non-hydrogen) atoms. The molecule has 0 amide bonds. The van der Waals surface area contributed by atoms with Crippen LogP contribution >= 0.6 is 15.9 Å². The van der Waals surface area contributed by atoms with Gasteiger partial charge in [-0.25, -0.2) is 4.79 Å². The molecule has 0 saturated carbocycles. The molecule has 4 nitrogen and oxygen atoms in total. The van der Waals surface area contributed by atoms with Gasteiger partial charge < -0.3 is 9.94 Å². The molecule has 1 aliphatic rings. The lowest BCUT2D eigenvalue weighted by molar-refractivity contribution is -0.148. The summed E-state index contributed by atoms with van der Waals surface area (Å²) in [5.41, 5.74) is 2.68. The lowest BCUT2D eigenvalue weighted by Crippen LogP contribution is -2.19. The number of carbonyl (C=O) groups is 1. The zero-order valence-electron chi connectivity index (χ0n) is 8.61. The van der Waals surface area contributed by atoms with Gasteiger partial charge in [0.15, 0.2) is 0 Å². The van der Waals surface area contributed by atoms with E-state index in [4.69, 9.17) is 9.94 Å². The Hall–Kier alpha value is -1.36. The summed E-state index contributed by atoms with van der Waals surface area (Å²) in [7, 11) is 0. The van der Waals surface area contributed by atoms with Gasteiger partial charge in [-0.3, -0.25) is 0 Å². The Morgan fingerprint density at radius 1 is 1.62 bits per heavy atom. The standard InChI is InChI=1S/C11H10BrNO3/c1-6-2-3-7(8(12)4-6)9-5-10(11(14)15)16-13-9/h2-4,10H,5H2,1H3,(H,14,15).